The number of amides is 1. The number of para-hydroxylation sites is 2. The van der Waals surface area contributed by atoms with Gasteiger partial charge in [-0.1, -0.05) is 36.0 Å². The molecule has 0 spiro atoms. The van der Waals surface area contributed by atoms with Crippen LogP contribution in [0, 0.1) is 0 Å². The van der Waals surface area contributed by atoms with E-state index in [0.717, 1.165) is 25.7 Å². The minimum Gasteiger partial charge on any atom is -0.353 e. The predicted molar refractivity (Wildman–Crippen MR) is 107 cm³/mol. The number of anilines is 2. The zero-order chi connectivity index (χ0) is 17.9. The smallest absolute Gasteiger partial charge is 0.222 e. The van der Waals surface area contributed by atoms with Crippen LogP contribution in [-0.4, -0.2) is 24.5 Å². The maximum atomic E-state index is 12.5. The van der Waals surface area contributed by atoms with E-state index in [1.807, 2.05) is 0 Å². The Morgan fingerprint density at radius 3 is 2.19 bits per heavy atom. The molecule has 0 unspecified atom stereocenters. The highest BCUT2D eigenvalue weighted by molar-refractivity contribution is 7.99. The molecule has 4 rings (SSSR count). The van der Waals surface area contributed by atoms with E-state index in [9.17, 15) is 4.79 Å². The summed E-state index contributed by atoms with van der Waals surface area (Å²) in [6, 6.07) is 17.4. The first kappa shape index (κ1) is 17.4. The normalized spacial score (nSPS) is 21.7. The third kappa shape index (κ3) is 3.74. The maximum absolute atomic E-state index is 12.5. The summed E-state index contributed by atoms with van der Waals surface area (Å²) < 4.78 is 0. The number of carbonyl (C=O) groups excluding carboxylic acids is 1. The summed E-state index contributed by atoms with van der Waals surface area (Å²) in [6.07, 6.45) is 4.51. The van der Waals surface area contributed by atoms with Crippen LogP contribution in [0.25, 0.3) is 0 Å². The van der Waals surface area contributed by atoms with Gasteiger partial charge in [0.05, 0.1) is 11.4 Å². The molecule has 1 saturated carbocycles. The van der Waals surface area contributed by atoms with Crippen LogP contribution in [0.1, 0.15) is 32.1 Å². The number of rotatable bonds is 4. The molecule has 0 bridgehead atoms. The summed E-state index contributed by atoms with van der Waals surface area (Å²) >= 11 is 1.80. The van der Waals surface area contributed by atoms with Crippen LogP contribution >= 0.6 is 11.8 Å². The van der Waals surface area contributed by atoms with Crippen LogP contribution in [0.3, 0.4) is 0 Å². The van der Waals surface area contributed by atoms with Crippen LogP contribution in [-0.2, 0) is 4.79 Å². The molecule has 1 heterocycles. The van der Waals surface area contributed by atoms with Gasteiger partial charge in [-0.15, -0.1) is 0 Å². The number of nitrogens with zero attached hydrogens (tertiary/aromatic N) is 1. The Hall–Kier alpha value is -1.98. The second kappa shape index (κ2) is 7.72. The molecule has 0 radical (unpaired) electrons. The van der Waals surface area contributed by atoms with Gasteiger partial charge in [0, 0.05) is 34.8 Å². The molecule has 0 atom stereocenters. The second-order valence-electron chi connectivity index (χ2n) is 7.12. The molecule has 0 saturated heterocycles. The van der Waals surface area contributed by atoms with Crippen molar-refractivity contribution in [3.8, 4) is 0 Å². The summed E-state index contributed by atoms with van der Waals surface area (Å²) in [5.41, 5.74) is 8.33. The van der Waals surface area contributed by atoms with E-state index in [4.69, 9.17) is 5.73 Å². The molecule has 2 aromatic rings. The Labute approximate surface area is 159 Å². The molecule has 1 fully saturated rings. The van der Waals surface area contributed by atoms with Crippen molar-refractivity contribution in [1.29, 1.82) is 0 Å². The van der Waals surface area contributed by atoms with Crippen LogP contribution < -0.4 is 16.0 Å². The first-order valence-electron chi connectivity index (χ1n) is 9.39. The van der Waals surface area contributed by atoms with Crippen molar-refractivity contribution in [1.82, 2.24) is 5.32 Å². The molecule has 2 aliphatic rings. The third-order valence-corrected chi connectivity index (χ3v) is 6.36. The van der Waals surface area contributed by atoms with Crippen molar-refractivity contribution >= 4 is 29.0 Å². The van der Waals surface area contributed by atoms with Gasteiger partial charge >= 0.3 is 0 Å². The molecule has 4 nitrogen and oxygen atoms in total. The van der Waals surface area contributed by atoms with Crippen LogP contribution in [0.5, 0.6) is 0 Å². The molecule has 26 heavy (non-hydrogen) atoms. The van der Waals surface area contributed by atoms with E-state index in [2.05, 4.69) is 58.7 Å². The van der Waals surface area contributed by atoms with Gasteiger partial charge in [-0.2, -0.15) is 0 Å². The lowest BCUT2D eigenvalue weighted by atomic mass is 9.92. The van der Waals surface area contributed by atoms with Crippen molar-refractivity contribution in [3.05, 3.63) is 48.5 Å². The first-order chi connectivity index (χ1) is 12.7. The summed E-state index contributed by atoms with van der Waals surface area (Å²) in [5, 5.41) is 3.20. The maximum Gasteiger partial charge on any atom is 0.222 e. The van der Waals surface area contributed by atoms with Crippen molar-refractivity contribution in [3.63, 3.8) is 0 Å². The fourth-order valence-corrected chi connectivity index (χ4v) is 4.89. The van der Waals surface area contributed by atoms with Gasteiger partial charge in [0.1, 0.15) is 0 Å². The van der Waals surface area contributed by atoms with E-state index in [1.165, 1.54) is 21.2 Å². The Morgan fingerprint density at radius 2 is 1.58 bits per heavy atom. The average Bonchev–Trinajstić information content (AvgIpc) is 2.67. The van der Waals surface area contributed by atoms with Gasteiger partial charge in [0.15, 0.2) is 0 Å². The summed E-state index contributed by atoms with van der Waals surface area (Å²) in [7, 11) is 0. The van der Waals surface area contributed by atoms with Crippen molar-refractivity contribution in [2.75, 3.05) is 11.4 Å². The lowest BCUT2D eigenvalue weighted by molar-refractivity contribution is -0.121. The fourth-order valence-electron chi connectivity index (χ4n) is 3.80. The Morgan fingerprint density at radius 1 is 1.00 bits per heavy atom. The van der Waals surface area contributed by atoms with E-state index < -0.39 is 0 Å². The molecule has 1 amide bonds. The fraction of sp³-hybridized carbons (Fsp3) is 0.381. The minimum absolute atomic E-state index is 0.138. The monoisotopic (exact) mass is 367 g/mol. The quantitative estimate of drug-likeness (QED) is 0.855. The van der Waals surface area contributed by atoms with Crippen molar-refractivity contribution < 1.29 is 4.79 Å². The van der Waals surface area contributed by atoms with Gasteiger partial charge in [0.2, 0.25) is 5.91 Å². The van der Waals surface area contributed by atoms with Crippen LogP contribution in [0.2, 0.25) is 0 Å². The number of nitrogens with two attached hydrogens (primary N) is 1. The highest BCUT2D eigenvalue weighted by Crippen LogP contribution is 2.47. The van der Waals surface area contributed by atoms with Gasteiger partial charge in [-0.25, -0.2) is 0 Å². The molecule has 0 aromatic heterocycles. The topological polar surface area (TPSA) is 58.4 Å². The molecular weight excluding hydrogens is 342 g/mol. The highest BCUT2D eigenvalue weighted by Gasteiger charge is 2.24. The average molecular weight is 368 g/mol. The molecular formula is C21H25N3OS. The lowest BCUT2D eigenvalue weighted by Gasteiger charge is -2.33. The van der Waals surface area contributed by atoms with Gasteiger partial charge in [-0.05, 0) is 49.9 Å². The molecule has 1 aliphatic carbocycles. The number of benzene rings is 2. The number of nitrogens with one attached hydrogen (secondary N) is 1. The number of hydrogen-bond acceptors (Lipinski definition) is 4. The number of carbonyl (C=O) groups is 1. The highest BCUT2D eigenvalue weighted by atomic mass is 32.2. The number of hydrogen-bond donors (Lipinski definition) is 2. The standard InChI is InChI=1S/C21H25N3OS/c22-15-9-11-16(12-10-15)23-21(25)13-14-24-17-5-1-3-7-19(17)26-20-8-4-2-6-18(20)24/h1-8,15-16H,9-14,22H2,(H,23,25). The Kier molecular flexibility index (Phi) is 5.18. The van der Waals surface area contributed by atoms with E-state index in [-0.39, 0.29) is 5.91 Å². The minimum atomic E-state index is 0.138. The predicted octanol–water partition coefficient (Wildman–Crippen LogP) is 4.07. The van der Waals surface area contributed by atoms with E-state index in [0.29, 0.717) is 25.0 Å². The summed E-state index contributed by atoms with van der Waals surface area (Å²) in [6.45, 7) is 0.687. The molecule has 136 valence electrons. The third-order valence-electron chi connectivity index (χ3n) is 5.23. The zero-order valence-electron chi connectivity index (χ0n) is 14.9. The summed E-state index contributed by atoms with van der Waals surface area (Å²) in [4.78, 5) is 17.2. The van der Waals surface area contributed by atoms with Gasteiger partial charge in [-0.3, -0.25) is 4.79 Å². The molecule has 3 N–H and O–H groups in total. The first-order valence-corrected chi connectivity index (χ1v) is 10.2. The van der Waals surface area contributed by atoms with Crippen molar-refractivity contribution in [2.24, 2.45) is 5.73 Å². The van der Waals surface area contributed by atoms with Gasteiger partial charge < -0.3 is 16.0 Å². The van der Waals surface area contributed by atoms with Crippen LogP contribution in [0.15, 0.2) is 58.3 Å². The molecule has 2 aromatic carbocycles. The molecule has 5 heteroatoms. The Bertz CT molecular complexity index is 741. The van der Waals surface area contributed by atoms with Crippen molar-refractivity contribution in [2.45, 2.75) is 54.0 Å². The number of fused-ring (bicyclic) bond motifs is 2. The summed E-state index contributed by atoms with van der Waals surface area (Å²) in [5.74, 6) is 0.138. The lowest BCUT2D eigenvalue weighted by Crippen LogP contribution is -2.41. The zero-order valence-corrected chi connectivity index (χ0v) is 15.7. The van der Waals surface area contributed by atoms with E-state index >= 15 is 0 Å². The largest absolute Gasteiger partial charge is 0.353 e. The van der Waals surface area contributed by atoms with Gasteiger partial charge in [0.25, 0.3) is 0 Å². The van der Waals surface area contributed by atoms with Crippen LogP contribution in [0.4, 0.5) is 11.4 Å². The van der Waals surface area contributed by atoms with E-state index in [1.54, 1.807) is 11.8 Å². The Balaban J connectivity index is 1.44. The second-order valence-corrected chi connectivity index (χ2v) is 8.20. The SMILES string of the molecule is NC1CCC(NC(=O)CCN2c3ccccc3Sc3ccccc32)CC1. The molecule has 1 aliphatic heterocycles.